The molecule has 0 bridgehead atoms. The maximum absolute atomic E-state index is 11.8. The van der Waals surface area contributed by atoms with E-state index in [0.717, 1.165) is 6.42 Å². The summed E-state index contributed by atoms with van der Waals surface area (Å²) in [5.41, 5.74) is 0. The molecule has 0 radical (unpaired) electrons. The van der Waals surface area contributed by atoms with Crippen LogP contribution < -0.4 is 5.32 Å². The second-order valence-corrected chi connectivity index (χ2v) is 4.34. The summed E-state index contributed by atoms with van der Waals surface area (Å²) < 4.78 is 5.05. The van der Waals surface area contributed by atoms with E-state index in [1.165, 1.54) is 4.90 Å². The Kier molecular flexibility index (Phi) is 5.21. The van der Waals surface area contributed by atoms with Crippen molar-refractivity contribution in [1.29, 1.82) is 0 Å². The highest BCUT2D eigenvalue weighted by Gasteiger charge is 2.28. The van der Waals surface area contributed by atoms with Crippen LogP contribution in [0.5, 0.6) is 0 Å². The Balaban J connectivity index is 2.38. The van der Waals surface area contributed by atoms with Gasteiger partial charge in [-0.2, -0.15) is 0 Å². The number of nitrogens with one attached hydrogen (secondary N) is 1. The molecular formula is C11H20N2O4. The minimum Gasteiger partial charge on any atom is -0.479 e. The van der Waals surface area contributed by atoms with Crippen LogP contribution >= 0.6 is 0 Å². The number of hydrogen-bond acceptors (Lipinski definition) is 3. The second-order valence-electron chi connectivity index (χ2n) is 4.34. The van der Waals surface area contributed by atoms with Gasteiger partial charge in [0.15, 0.2) is 6.10 Å². The second kappa shape index (κ2) is 6.44. The molecule has 0 spiro atoms. The molecular weight excluding hydrogens is 224 g/mol. The number of amides is 2. The Bertz CT molecular complexity index is 283. The predicted octanol–water partition coefficient (Wildman–Crippen LogP) is 0.527. The number of hydrogen-bond donors (Lipinski definition) is 2. The third-order valence-electron chi connectivity index (χ3n) is 2.93. The minimum atomic E-state index is -1.02. The summed E-state index contributed by atoms with van der Waals surface area (Å²) in [4.78, 5) is 24.0. The summed E-state index contributed by atoms with van der Waals surface area (Å²) in [5.74, 6) is -0.598. The van der Waals surface area contributed by atoms with Crippen LogP contribution in [-0.2, 0) is 9.53 Å². The van der Waals surface area contributed by atoms with Crippen LogP contribution in [-0.4, -0.2) is 54.4 Å². The summed E-state index contributed by atoms with van der Waals surface area (Å²) in [5, 5.41) is 11.6. The van der Waals surface area contributed by atoms with Gasteiger partial charge in [-0.15, -0.1) is 0 Å². The van der Waals surface area contributed by atoms with Gasteiger partial charge in [0, 0.05) is 13.1 Å². The highest BCUT2D eigenvalue weighted by molar-refractivity contribution is 5.77. The quantitative estimate of drug-likeness (QED) is 0.756. The van der Waals surface area contributed by atoms with Crippen LogP contribution in [0.3, 0.4) is 0 Å². The first-order chi connectivity index (χ1) is 8.04. The fourth-order valence-electron chi connectivity index (χ4n) is 1.50. The van der Waals surface area contributed by atoms with E-state index in [1.54, 1.807) is 0 Å². The first-order valence-corrected chi connectivity index (χ1v) is 5.91. The molecule has 0 aromatic carbocycles. The standard InChI is InChI=1S/C11H20N2O4/c1-3-8(2)6-12-11(16)13-4-5-17-9(7-13)10(14)15/h8-9H,3-7H2,1-2H3,(H,12,16)(H,14,15). The zero-order chi connectivity index (χ0) is 12.8. The van der Waals surface area contributed by atoms with Gasteiger partial charge in [0.2, 0.25) is 0 Å². The Labute approximate surface area is 101 Å². The van der Waals surface area contributed by atoms with E-state index in [-0.39, 0.29) is 19.2 Å². The van der Waals surface area contributed by atoms with Crippen molar-refractivity contribution in [1.82, 2.24) is 10.2 Å². The van der Waals surface area contributed by atoms with E-state index >= 15 is 0 Å². The molecule has 17 heavy (non-hydrogen) atoms. The number of rotatable bonds is 4. The molecule has 98 valence electrons. The molecule has 2 amide bonds. The number of carbonyl (C=O) groups is 2. The van der Waals surface area contributed by atoms with Crippen LogP contribution in [0, 0.1) is 5.92 Å². The van der Waals surface area contributed by atoms with Crippen molar-refractivity contribution in [2.24, 2.45) is 5.92 Å². The van der Waals surface area contributed by atoms with Gasteiger partial charge in [-0.1, -0.05) is 20.3 Å². The van der Waals surface area contributed by atoms with E-state index in [0.29, 0.717) is 19.0 Å². The zero-order valence-electron chi connectivity index (χ0n) is 10.3. The minimum absolute atomic E-state index is 0.113. The molecule has 1 aliphatic heterocycles. The Morgan fingerprint density at radius 1 is 1.59 bits per heavy atom. The molecule has 1 aliphatic rings. The van der Waals surface area contributed by atoms with Gasteiger partial charge in [-0.25, -0.2) is 9.59 Å². The molecule has 0 aromatic rings. The molecule has 6 heteroatoms. The van der Waals surface area contributed by atoms with Gasteiger partial charge in [-0.3, -0.25) is 0 Å². The number of ether oxygens (including phenoxy) is 1. The van der Waals surface area contributed by atoms with E-state index in [4.69, 9.17) is 9.84 Å². The highest BCUT2D eigenvalue weighted by atomic mass is 16.5. The average Bonchev–Trinajstić information content (AvgIpc) is 2.35. The van der Waals surface area contributed by atoms with Crippen molar-refractivity contribution in [2.45, 2.75) is 26.4 Å². The van der Waals surface area contributed by atoms with Gasteiger partial charge in [0.1, 0.15) is 0 Å². The summed E-state index contributed by atoms with van der Waals surface area (Å²) in [6.45, 7) is 5.56. The van der Waals surface area contributed by atoms with Crippen LogP contribution in [0.1, 0.15) is 20.3 Å². The molecule has 1 fully saturated rings. The summed E-state index contributed by atoms with van der Waals surface area (Å²) in [6, 6.07) is -0.208. The van der Waals surface area contributed by atoms with Gasteiger partial charge >= 0.3 is 12.0 Å². The fourth-order valence-corrected chi connectivity index (χ4v) is 1.50. The van der Waals surface area contributed by atoms with Crippen LogP contribution in [0.2, 0.25) is 0 Å². The van der Waals surface area contributed by atoms with Crippen molar-refractivity contribution in [3.63, 3.8) is 0 Å². The van der Waals surface area contributed by atoms with Crippen LogP contribution in [0.25, 0.3) is 0 Å². The molecule has 2 unspecified atom stereocenters. The third kappa shape index (κ3) is 4.22. The van der Waals surface area contributed by atoms with Gasteiger partial charge in [-0.05, 0) is 5.92 Å². The van der Waals surface area contributed by atoms with Crippen molar-refractivity contribution in [3.8, 4) is 0 Å². The predicted molar refractivity (Wildman–Crippen MR) is 61.8 cm³/mol. The summed E-state index contributed by atoms with van der Waals surface area (Å²) in [7, 11) is 0. The number of urea groups is 1. The molecule has 2 N–H and O–H groups in total. The number of aliphatic carboxylic acids is 1. The molecule has 6 nitrogen and oxygen atoms in total. The molecule has 0 aliphatic carbocycles. The maximum atomic E-state index is 11.8. The Hall–Kier alpha value is -1.30. The first kappa shape index (κ1) is 13.8. The van der Waals surface area contributed by atoms with Gasteiger partial charge < -0.3 is 20.1 Å². The third-order valence-corrected chi connectivity index (χ3v) is 2.93. The number of carboxylic acids is 1. The lowest BCUT2D eigenvalue weighted by Gasteiger charge is -2.31. The monoisotopic (exact) mass is 244 g/mol. The first-order valence-electron chi connectivity index (χ1n) is 5.91. The van der Waals surface area contributed by atoms with Gasteiger partial charge in [0.05, 0.1) is 13.2 Å². The lowest BCUT2D eigenvalue weighted by atomic mass is 10.1. The highest BCUT2D eigenvalue weighted by Crippen LogP contribution is 2.06. The zero-order valence-corrected chi connectivity index (χ0v) is 10.3. The lowest BCUT2D eigenvalue weighted by Crippen LogP contribution is -2.52. The lowest BCUT2D eigenvalue weighted by molar-refractivity contribution is -0.154. The number of carbonyl (C=O) groups excluding carboxylic acids is 1. The van der Waals surface area contributed by atoms with E-state index in [9.17, 15) is 9.59 Å². The molecule has 1 rings (SSSR count). The summed E-state index contributed by atoms with van der Waals surface area (Å²) in [6.07, 6.45) is 0.0966. The van der Waals surface area contributed by atoms with E-state index in [1.807, 2.05) is 0 Å². The normalized spacial score (nSPS) is 22.0. The summed E-state index contributed by atoms with van der Waals surface area (Å²) >= 11 is 0. The molecule has 0 saturated carbocycles. The van der Waals surface area contributed by atoms with Gasteiger partial charge in [0.25, 0.3) is 0 Å². The Morgan fingerprint density at radius 3 is 2.88 bits per heavy atom. The molecule has 2 atom stereocenters. The van der Waals surface area contributed by atoms with Crippen LogP contribution in [0.15, 0.2) is 0 Å². The fraction of sp³-hybridized carbons (Fsp3) is 0.818. The largest absolute Gasteiger partial charge is 0.479 e. The Morgan fingerprint density at radius 2 is 2.29 bits per heavy atom. The SMILES string of the molecule is CCC(C)CNC(=O)N1CCOC(C(=O)O)C1. The number of morpholine rings is 1. The number of nitrogens with zero attached hydrogens (tertiary/aromatic N) is 1. The van der Waals surface area contributed by atoms with E-state index in [2.05, 4.69) is 19.2 Å². The topological polar surface area (TPSA) is 78.9 Å². The van der Waals surface area contributed by atoms with Crippen LogP contribution in [0.4, 0.5) is 4.79 Å². The van der Waals surface area contributed by atoms with Crippen molar-refractivity contribution in [3.05, 3.63) is 0 Å². The van der Waals surface area contributed by atoms with E-state index < -0.39 is 12.1 Å². The molecule has 0 aromatic heterocycles. The molecule has 1 heterocycles. The average molecular weight is 244 g/mol. The van der Waals surface area contributed by atoms with Crippen molar-refractivity contribution >= 4 is 12.0 Å². The number of carboxylic acid groups (broad SMARTS) is 1. The van der Waals surface area contributed by atoms with Crippen molar-refractivity contribution in [2.75, 3.05) is 26.2 Å². The smallest absolute Gasteiger partial charge is 0.334 e. The van der Waals surface area contributed by atoms with Crippen molar-refractivity contribution < 1.29 is 19.4 Å². The maximum Gasteiger partial charge on any atom is 0.334 e. The molecule has 1 saturated heterocycles.